The minimum Gasteiger partial charge on any atom is -0.127 e. The fraction of sp³-hybridized carbons (Fsp3) is 1.00. The van der Waals surface area contributed by atoms with Crippen molar-refractivity contribution in [3.05, 3.63) is 0 Å². The van der Waals surface area contributed by atoms with Crippen LogP contribution in [-0.2, 0) is 0 Å². The quantitative estimate of drug-likeness (QED) is 0.556. The molecule has 0 bridgehead atoms. The second-order valence-electron chi connectivity index (χ2n) is 4.35. The molecule has 0 nitrogen and oxygen atoms in total. The third kappa shape index (κ3) is 6.41. The molecule has 0 spiro atoms. The van der Waals surface area contributed by atoms with E-state index in [4.69, 9.17) is 11.6 Å². The summed E-state index contributed by atoms with van der Waals surface area (Å²) in [6.45, 7) is 9.10. The minimum atomic E-state index is 0.464. The Morgan fingerprint density at radius 3 is 2.10 bits per heavy atom. The highest BCUT2D eigenvalue weighted by atomic mass is 35.5. The van der Waals surface area contributed by atoms with Crippen LogP contribution in [0.3, 0.4) is 0 Å². The summed E-state index contributed by atoms with van der Waals surface area (Å²) in [4.78, 5) is 0. The summed E-state index contributed by atoms with van der Waals surface area (Å²) in [7, 11) is 0. The summed E-state index contributed by atoms with van der Waals surface area (Å²) in [6.07, 6.45) is 2.43. The second-order valence-corrected chi connectivity index (χ2v) is 4.73. The van der Waals surface area contributed by atoms with Crippen LogP contribution in [0, 0.1) is 11.3 Å². The van der Waals surface area contributed by atoms with Gasteiger partial charge in [-0.15, -0.1) is 11.6 Å². The van der Waals surface area contributed by atoms with Crippen LogP contribution in [0.25, 0.3) is 0 Å². The maximum absolute atomic E-state index is 5.63. The molecule has 1 atom stereocenters. The Morgan fingerprint density at radius 2 is 1.80 bits per heavy atom. The molecule has 0 aliphatic heterocycles. The highest BCUT2D eigenvalue weighted by Gasteiger charge is 2.14. The van der Waals surface area contributed by atoms with E-state index in [2.05, 4.69) is 27.7 Å². The molecule has 0 saturated carbocycles. The number of hydrogen-bond donors (Lipinski definition) is 0. The molecule has 0 aromatic rings. The third-order valence-corrected chi connectivity index (χ3v) is 1.78. The maximum atomic E-state index is 5.63. The van der Waals surface area contributed by atoms with Crippen LogP contribution in [0.4, 0.5) is 0 Å². The van der Waals surface area contributed by atoms with Crippen LogP contribution >= 0.6 is 11.6 Å². The molecule has 0 aliphatic carbocycles. The van der Waals surface area contributed by atoms with E-state index in [1.54, 1.807) is 0 Å². The molecule has 1 heteroatoms. The van der Waals surface area contributed by atoms with E-state index in [0.29, 0.717) is 5.41 Å². The predicted molar refractivity (Wildman–Crippen MR) is 48.6 cm³/mol. The van der Waals surface area contributed by atoms with Gasteiger partial charge in [-0.05, 0) is 24.2 Å². The highest BCUT2D eigenvalue weighted by Crippen LogP contribution is 2.25. The monoisotopic (exact) mass is 162 g/mol. The first kappa shape index (κ1) is 10.3. The van der Waals surface area contributed by atoms with Gasteiger partial charge in [0.15, 0.2) is 0 Å². The lowest BCUT2D eigenvalue weighted by molar-refractivity contribution is 0.303. The summed E-state index contributed by atoms with van der Waals surface area (Å²) >= 11 is 5.63. The van der Waals surface area contributed by atoms with Gasteiger partial charge in [-0.2, -0.15) is 0 Å². The molecule has 0 N–H and O–H groups in total. The zero-order valence-electron chi connectivity index (χ0n) is 7.58. The van der Waals surface area contributed by atoms with Crippen LogP contribution in [0.5, 0.6) is 0 Å². The van der Waals surface area contributed by atoms with E-state index in [9.17, 15) is 0 Å². The average molecular weight is 163 g/mol. The third-order valence-electron chi connectivity index (χ3n) is 1.56. The van der Waals surface area contributed by atoms with Gasteiger partial charge in [-0.3, -0.25) is 0 Å². The van der Waals surface area contributed by atoms with Crippen LogP contribution in [0.15, 0.2) is 0 Å². The van der Waals surface area contributed by atoms with Gasteiger partial charge in [-0.1, -0.05) is 27.7 Å². The van der Waals surface area contributed by atoms with Gasteiger partial charge < -0.3 is 0 Å². The van der Waals surface area contributed by atoms with Crippen molar-refractivity contribution in [2.45, 2.75) is 40.5 Å². The van der Waals surface area contributed by atoms with Crippen molar-refractivity contribution in [3.63, 3.8) is 0 Å². The SMILES string of the molecule is CC(CCCl)CC(C)(C)C. The van der Waals surface area contributed by atoms with Crippen LogP contribution in [0.1, 0.15) is 40.5 Å². The average Bonchev–Trinajstić information content (AvgIpc) is 1.59. The Hall–Kier alpha value is 0.290. The summed E-state index contributed by atoms with van der Waals surface area (Å²) in [6, 6.07) is 0. The number of hydrogen-bond acceptors (Lipinski definition) is 0. The van der Waals surface area contributed by atoms with Gasteiger partial charge in [0.05, 0.1) is 0 Å². The Balaban J connectivity index is 3.47. The molecule has 0 heterocycles. The first-order chi connectivity index (χ1) is 4.45. The number of halogens is 1. The molecule has 0 aromatic carbocycles. The molecular weight excluding hydrogens is 144 g/mol. The van der Waals surface area contributed by atoms with Crippen molar-refractivity contribution in [1.82, 2.24) is 0 Å². The van der Waals surface area contributed by atoms with Gasteiger partial charge >= 0.3 is 0 Å². The van der Waals surface area contributed by atoms with E-state index >= 15 is 0 Å². The van der Waals surface area contributed by atoms with Gasteiger partial charge in [0.25, 0.3) is 0 Å². The van der Waals surface area contributed by atoms with Crippen molar-refractivity contribution in [2.24, 2.45) is 11.3 Å². The van der Waals surface area contributed by atoms with Crippen molar-refractivity contribution < 1.29 is 0 Å². The van der Waals surface area contributed by atoms with E-state index in [1.807, 2.05) is 0 Å². The van der Waals surface area contributed by atoms with E-state index < -0.39 is 0 Å². The molecule has 10 heavy (non-hydrogen) atoms. The minimum absolute atomic E-state index is 0.464. The maximum Gasteiger partial charge on any atom is 0.0225 e. The fourth-order valence-electron chi connectivity index (χ4n) is 1.33. The van der Waals surface area contributed by atoms with Crippen molar-refractivity contribution in [3.8, 4) is 0 Å². The molecule has 0 fully saturated rings. The number of alkyl halides is 1. The highest BCUT2D eigenvalue weighted by molar-refractivity contribution is 6.17. The van der Waals surface area contributed by atoms with Gasteiger partial charge in [0.2, 0.25) is 0 Å². The standard InChI is InChI=1S/C9H19Cl/c1-8(5-6-10)7-9(2,3)4/h8H,5-7H2,1-4H3. The largest absolute Gasteiger partial charge is 0.127 e. The lowest BCUT2D eigenvalue weighted by Gasteiger charge is -2.22. The van der Waals surface area contributed by atoms with Gasteiger partial charge in [0.1, 0.15) is 0 Å². The summed E-state index contributed by atoms with van der Waals surface area (Å²) < 4.78 is 0. The lowest BCUT2D eigenvalue weighted by Crippen LogP contribution is -2.11. The lowest BCUT2D eigenvalue weighted by atomic mass is 9.84. The molecule has 62 valence electrons. The Morgan fingerprint density at radius 1 is 1.30 bits per heavy atom. The van der Waals surface area contributed by atoms with E-state index in [0.717, 1.165) is 18.2 Å². The molecule has 0 aliphatic rings. The van der Waals surface area contributed by atoms with Crippen molar-refractivity contribution >= 4 is 11.6 Å². The topological polar surface area (TPSA) is 0 Å². The Kier molecular flexibility index (Phi) is 4.35. The zero-order valence-corrected chi connectivity index (χ0v) is 8.33. The zero-order chi connectivity index (χ0) is 8.20. The molecule has 0 saturated heterocycles. The fourth-order valence-corrected chi connectivity index (χ4v) is 1.71. The summed E-state index contributed by atoms with van der Waals surface area (Å²) in [5, 5.41) is 0. The molecule has 0 aromatic heterocycles. The second kappa shape index (κ2) is 4.23. The summed E-state index contributed by atoms with van der Waals surface area (Å²) in [5.41, 5.74) is 0.464. The van der Waals surface area contributed by atoms with Crippen LogP contribution in [-0.4, -0.2) is 5.88 Å². The Labute approximate surface area is 70.0 Å². The van der Waals surface area contributed by atoms with E-state index in [-0.39, 0.29) is 0 Å². The van der Waals surface area contributed by atoms with Crippen LogP contribution in [0.2, 0.25) is 0 Å². The van der Waals surface area contributed by atoms with Crippen molar-refractivity contribution in [1.29, 1.82) is 0 Å². The van der Waals surface area contributed by atoms with Crippen molar-refractivity contribution in [2.75, 3.05) is 5.88 Å². The molecular formula is C9H19Cl. The van der Waals surface area contributed by atoms with Gasteiger partial charge in [-0.25, -0.2) is 0 Å². The molecule has 0 rings (SSSR count). The number of rotatable bonds is 3. The molecule has 0 amide bonds. The summed E-state index contributed by atoms with van der Waals surface area (Å²) in [5.74, 6) is 1.58. The predicted octanol–water partition coefficient (Wildman–Crippen LogP) is 3.69. The first-order valence-electron chi connectivity index (χ1n) is 4.01. The van der Waals surface area contributed by atoms with E-state index in [1.165, 1.54) is 6.42 Å². The molecule has 0 radical (unpaired) electrons. The first-order valence-corrected chi connectivity index (χ1v) is 4.55. The van der Waals surface area contributed by atoms with Gasteiger partial charge in [0, 0.05) is 5.88 Å². The van der Waals surface area contributed by atoms with Crippen LogP contribution < -0.4 is 0 Å². The Bertz CT molecular complexity index is 81.2. The smallest absolute Gasteiger partial charge is 0.0225 e. The molecule has 1 unspecified atom stereocenters. The normalized spacial score (nSPS) is 15.3.